The van der Waals surface area contributed by atoms with Crippen LogP contribution in [0.15, 0.2) is 54.6 Å². The molecular formula is C27H24F3N3O3. The van der Waals surface area contributed by atoms with Crippen molar-refractivity contribution in [3.63, 3.8) is 0 Å². The quantitative estimate of drug-likeness (QED) is 0.332. The van der Waals surface area contributed by atoms with E-state index in [1.807, 2.05) is 47.9 Å². The number of aromatic nitrogens is 2. The molecule has 0 saturated heterocycles. The van der Waals surface area contributed by atoms with Crippen molar-refractivity contribution in [2.45, 2.75) is 38.9 Å². The Kier molecular flexibility index (Phi) is 5.86. The lowest BCUT2D eigenvalue weighted by molar-refractivity contribution is -0.138. The van der Waals surface area contributed by atoms with Crippen molar-refractivity contribution >= 4 is 22.7 Å². The number of alkyl halides is 3. The Labute approximate surface area is 205 Å². The van der Waals surface area contributed by atoms with Gasteiger partial charge in [0.1, 0.15) is 11.6 Å². The van der Waals surface area contributed by atoms with Crippen molar-refractivity contribution in [3.8, 4) is 11.4 Å². The van der Waals surface area contributed by atoms with Crippen LogP contribution in [0.5, 0.6) is 5.75 Å². The Hall–Kier alpha value is -4.01. The molecule has 2 N–H and O–H groups in total. The number of halogens is 3. The van der Waals surface area contributed by atoms with Crippen LogP contribution >= 0.6 is 0 Å². The Balaban J connectivity index is 1.40. The van der Waals surface area contributed by atoms with Crippen LogP contribution in [0.25, 0.3) is 16.7 Å². The van der Waals surface area contributed by atoms with E-state index in [0.29, 0.717) is 35.8 Å². The highest BCUT2D eigenvalue weighted by Crippen LogP contribution is 2.38. The van der Waals surface area contributed by atoms with Gasteiger partial charge in [-0.1, -0.05) is 18.2 Å². The lowest BCUT2D eigenvalue weighted by Crippen LogP contribution is -2.07. The fourth-order valence-electron chi connectivity index (χ4n) is 4.75. The third kappa shape index (κ3) is 4.36. The SMILES string of the molecule is Cc1c(CNc2ccc3c(c2)OCC3CC(=O)O)cccc1-n1c(C)nc2cc(C(F)(F)F)ccc21. The topological polar surface area (TPSA) is 76.4 Å². The van der Waals surface area contributed by atoms with Gasteiger partial charge in [-0.2, -0.15) is 13.2 Å². The minimum atomic E-state index is -4.42. The number of carboxylic acid groups (broad SMARTS) is 1. The summed E-state index contributed by atoms with van der Waals surface area (Å²) in [5, 5.41) is 12.5. The predicted molar refractivity (Wildman–Crippen MR) is 130 cm³/mol. The smallest absolute Gasteiger partial charge is 0.416 e. The first-order chi connectivity index (χ1) is 17.1. The van der Waals surface area contributed by atoms with E-state index in [9.17, 15) is 18.0 Å². The highest BCUT2D eigenvalue weighted by Gasteiger charge is 2.31. The number of imidazole rings is 1. The van der Waals surface area contributed by atoms with Gasteiger partial charge in [-0.15, -0.1) is 0 Å². The zero-order valence-electron chi connectivity index (χ0n) is 19.7. The van der Waals surface area contributed by atoms with E-state index in [0.717, 1.165) is 40.2 Å². The van der Waals surface area contributed by atoms with Gasteiger partial charge in [0.2, 0.25) is 0 Å². The van der Waals surface area contributed by atoms with Gasteiger partial charge in [0.25, 0.3) is 0 Å². The molecule has 1 atom stereocenters. The number of aryl methyl sites for hydroxylation is 1. The molecule has 0 amide bonds. The summed E-state index contributed by atoms with van der Waals surface area (Å²) < 4.78 is 47.0. The molecule has 1 unspecified atom stereocenters. The molecule has 186 valence electrons. The average molecular weight is 496 g/mol. The molecule has 1 aromatic heterocycles. The van der Waals surface area contributed by atoms with Gasteiger partial charge < -0.3 is 15.2 Å². The number of rotatable bonds is 6. The molecular weight excluding hydrogens is 471 g/mol. The first-order valence-corrected chi connectivity index (χ1v) is 11.5. The Morgan fingerprint density at radius 2 is 1.97 bits per heavy atom. The lowest BCUT2D eigenvalue weighted by atomic mass is 9.98. The number of carbonyl (C=O) groups is 1. The van der Waals surface area contributed by atoms with Crippen molar-refractivity contribution < 1.29 is 27.8 Å². The molecule has 1 aliphatic rings. The predicted octanol–water partition coefficient (Wildman–Crippen LogP) is 6.22. The first kappa shape index (κ1) is 23.7. The number of hydrogen-bond acceptors (Lipinski definition) is 4. The molecule has 9 heteroatoms. The van der Waals surface area contributed by atoms with E-state index in [-0.39, 0.29) is 12.3 Å². The zero-order chi connectivity index (χ0) is 25.6. The van der Waals surface area contributed by atoms with Crippen LogP contribution in [0.4, 0.5) is 18.9 Å². The number of benzene rings is 3. The van der Waals surface area contributed by atoms with Gasteiger partial charge in [-0.05, 0) is 55.3 Å². The zero-order valence-corrected chi connectivity index (χ0v) is 19.7. The van der Waals surface area contributed by atoms with Gasteiger partial charge >= 0.3 is 12.1 Å². The molecule has 4 aromatic rings. The second kappa shape index (κ2) is 8.89. The second-order valence-electron chi connectivity index (χ2n) is 8.97. The summed E-state index contributed by atoms with van der Waals surface area (Å²) in [6.45, 7) is 4.62. The minimum absolute atomic E-state index is 0.0334. The van der Waals surface area contributed by atoms with E-state index in [4.69, 9.17) is 9.84 Å². The number of nitrogens with zero attached hydrogens (tertiary/aromatic N) is 2. The molecule has 0 spiro atoms. The van der Waals surface area contributed by atoms with Crippen LogP contribution in [0.2, 0.25) is 0 Å². The Bertz CT molecular complexity index is 1480. The van der Waals surface area contributed by atoms with Crippen LogP contribution in [0.3, 0.4) is 0 Å². The van der Waals surface area contributed by atoms with Crippen LogP contribution in [0.1, 0.15) is 40.4 Å². The average Bonchev–Trinajstić information content (AvgIpc) is 3.36. The molecule has 36 heavy (non-hydrogen) atoms. The number of hydrogen-bond donors (Lipinski definition) is 2. The molecule has 3 aromatic carbocycles. The van der Waals surface area contributed by atoms with Crippen LogP contribution in [0, 0.1) is 13.8 Å². The summed E-state index contributed by atoms with van der Waals surface area (Å²) in [6.07, 6.45) is -4.39. The second-order valence-corrected chi connectivity index (χ2v) is 8.97. The third-order valence-electron chi connectivity index (χ3n) is 6.61. The summed E-state index contributed by atoms with van der Waals surface area (Å²) in [4.78, 5) is 15.4. The van der Waals surface area contributed by atoms with Crippen LogP contribution in [-0.4, -0.2) is 27.2 Å². The van der Waals surface area contributed by atoms with Gasteiger partial charge in [0.15, 0.2) is 0 Å². The largest absolute Gasteiger partial charge is 0.493 e. The van der Waals surface area contributed by atoms with E-state index < -0.39 is 17.7 Å². The summed E-state index contributed by atoms with van der Waals surface area (Å²) in [5.74, 6) is 0.293. The number of fused-ring (bicyclic) bond motifs is 2. The fraction of sp³-hybridized carbons (Fsp3) is 0.259. The molecule has 2 heterocycles. The van der Waals surface area contributed by atoms with E-state index in [1.165, 1.54) is 6.07 Å². The molecule has 6 nitrogen and oxygen atoms in total. The van der Waals surface area contributed by atoms with Crippen molar-refractivity contribution in [2.75, 3.05) is 11.9 Å². The summed E-state index contributed by atoms with van der Waals surface area (Å²) in [7, 11) is 0. The minimum Gasteiger partial charge on any atom is -0.493 e. The van der Waals surface area contributed by atoms with Gasteiger partial charge in [-0.25, -0.2) is 4.98 Å². The number of nitrogens with one attached hydrogen (secondary N) is 1. The maximum Gasteiger partial charge on any atom is 0.416 e. The van der Waals surface area contributed by atoms with Crippen LogP contribution < -0.4 is 10.1 Å². The molecule has 0 bridgehead atoms. The number of ether oxygens (including phenoxy) is 1. The molecule has 1 aliphatic heterocycles. The normalized spacial score (nSPS) is 15.1. The highest BCUT2D eigenvalue weighted by atomic mass is 19.4. The number of anilines is 1. The molecule has 5 rings (SSSR count). The van der Waals surface area contributed by atoms with Gasteiger partial charge in [0, 0.05) is 29.8 Å². The summed E-state index contributed by atoms with van der Waals surface area (Å²) >= 11 is 0. The fourth-order valence-corrected chi connectivity index (χ4v) is 4.75. The van der Waals surface area contributed by atoms with E-state index in [2.05, 4.69) is 10.3 Å². The van der Waals surface area contributed by atoms with Crippen LogP contribution in [-0.2, 0) is 17.5 Å². The Morgan fingerprint density at radius 3 is 2.72 bits per heavy atom. The summed E-state index contributed by atoms with van der Waals surface area (Å²) in [5.41, 5.74) is 4.78. The Morgan fingerprint density at radius 1 is 1.17 bits per heavy atom. The van der Waals surface area contributed by atoms with E-state index in [1.54, 1.807) is 6.92 Å². The molecule has 0 fully saturated rings. The van der Waals surface area contributed by atoms with Crippen molar-refractivity contribution in [2.24, 2.45) is 0 Å². The third-order valence-corrected chi connectivity index (χ3v) is 6.61. The van der Waals surface area contributed by atoms with Crippen molar-refractivity contribution in [1.82, 2.24) is 9.55 Å². The molecule has 0 aliphatic carbocycles. The van der Waals surface area contributed by atoms with Crippen molar-refractivity contribution in [3.05, 3.63) is 82.7 Å². The highest BCUT2D eigenvalue weighted by molar-refractivity contribution is 5.79. The number of carboxylic acids is 1. The maximum atomic E-state index is 13.2. The van der Waals surface area contributed by atoms with E-state index >= 15 is 0 Å². The first-order valence-electron chi connectivity index (χ1n) is 11.5. The van der Waals surface area contributed by atoms with Crippen molar-refractivity contribution in [1.29, 1.82) is 0 Å². The molecule has 0 saturated carbocycles. The summed E-state index contributed by atoms with van der Waals surface area (Å²) in [6, 6.07) is 15.1. The van der Waals surface area contributed by atoms with Gasteiger partial charge in [-0.3, -0.25) is 9.36 Å². The maximum absolute atomic E-state index is 13.2. The van der Waals surface area contributed by atoms with Gasteiger partial charge in [0.05, 0.1) is 35.3 Å². The monoisotopic (exact) mass is 495 g/mol. The standard InChI is InChI=1S/C27H24F3N3O3/c1-15-17(13-31-20-7-8-21-18(10-26(34)35)14-36-25(21)12-20)4-3-5-23(15)33-16(2)32-22-11-19(27(28,29)30)6-9-24(22)33/h3-9,11-12,18,31H,10,13-14H2,1-2H3,(H,34,35). The lowest BCUT2D eigenvalue weighted by Gasteiger charge is -2.16. The number of aliphatic carboxylic acids is 1. The molecule has 0 radical (unpaired) electrons.